The molecule has 0 N–H and O–H groups in total. The van der Waals surface area contributed by atoms with Crippen LogP contribution in [0.1, 0.15) is 11.5 Å². The standard InChI is InChI=1S/C16H15NO2/c1-19-14-9-7-13(8-10-14)17-11-15(16(17)18)12-5-3-2-4-6-12/h2-10,15H,11H2,1H3. The van der Waals surface area contributed by atoms with Crippen LogP contribution in [0.4, 0.5) is 5.69 Å². The summed E-state index contributed by atoms with van der Waals surface area (Å²) in [6, 6.07) is 17.5. The summed E-state index contributed by atoms with van der Waals surface area (Å²) < 4.78 is 5.11. The predicted octanol–water partition coefficient (Wildman–Crippen LogP) is 2.83. The van der Waals surface area contributed by atoms with Crippen molar-refractivity contribution in [2.45, 2.75) is 5.92 Å². The van der Waals surface area contributed by atoms with Crippen molar-refractivity contribution in [3.8, 4) is 5.75 Å². The zero-order valence-corrected chi connectivity index (χ0v) is 10.7. The summed E-state index contributed by atoms with van der Waals surface area (Å²) in [5, 5.41) is 0. The molecule has 0 bridgehead atoms. The summed E-state index contributed by atoms with van der Waals surface area (Å²) in [7, 11) is 1.63. The second-order valence-electron chi connectivity index (χ2n) is 4.61. The van der Waals surface area contributed by atoms with Crippen LogP contribution in [0.3, 0.4) is 0 Å². The maximum absolute atomic E-state index is 12.2. The van der Waals surface area contributed by atoms with Gasteiger partial charge in [-0.15, -0.1) is 0 Å². The maximum Gasteiger partial charge on any atom is 0.236 e. The van der Waals surface area contributed by atoms with Crippen LogP contribution in [0, 0.1) is 0 Å². The molecule has 3 rings (SSSR count). The lowest BCUT2D eigenvalue weighted by atomic mass is 9.90. The van der Waals surface area contributed by atoms with Crippen molar-refractivity contribution < 1.29 is 9.53 Å². The molecule has 0 radical (unpaired) electrons. The van der Waals surface area contributed by atoms with Crippen LogP contribution in [-0.2, 0) is 4.79 Å². The summed E-state index contributed by atoms with van der Waals surface area (Å²) in [4.78, 5) is 14.0. The van der Waals surface area contributed by atoms with Gasteiger partial charge in [-0.3, -0.25) is 4.79 Å². The highest BCUT2D eigenvalue weighted by atomic mass is 16.5. The number of carbonyl (C=O) groups excluding carboxylic acids is 1. The topological polar surface area (TPSA) is 29.5 Å². The van der Waals surface area contributed by atoms with Gasteiger partial charge in [-0.05, 0) is 29.8 Å². The molecular formula is C16H15NO2. The first kappa shape index (κ1) is 11.8. The molecule has 2 aromatic rings. The average molecular weight is 253 g/mol. The fraction of sp³-hybridized carbons (Fsp3) is 0.188. The number of hydrogen-bond donors (Lipinski definition) is 0. The molecule has 1 atom stereocenters. The molecule has 2 aromatic carbocycles. The molecule has 0 spiro atoms. The Bertz CT molecular complexity index is 577. The Kier molecular flexibility index (Phi) is 2.95. The summed E-state index contributed by atoms with van der Waals surface area (Å²) >= 11 is 0. The number of β-lactam (4-membered cyclic amide) rings is 1. The van der Waals surface area contributed by atoms with Crippen molar-refractivity contribution in [1.82, 2.24) is 0 Å². The smallest absolute Gasteiger partial charge is 0.236 e. The predicted molar refractivity (Wildman–Crippen MR) is 74.5 cm³/mol. The first-order valence-electron chi connectivity index (χ1n) is 6.30. The van der Waals surface area contributed by atoms with Gasteiger partial charge in [0.15, 0.2) is 0 Å². The minimum Gasteiger partial charge on any atom is -0.497 e. The number of carbonyl (C=O) groups is 1. The quantitative estimate of drug-likeness (QED) is 0.787. The molecular weight excluding hydrogens is 238 g/mol. The van der Waals surface area contributed by atoms with Gasteiger partial charge >= 0.3 is 0 Å². The van der Waals surface area contributed by atoms with E-state index in [2.05, 4.69) is 0 Å². The van der Waals surface area contributed by atoms with Gasteiger partial charge in [-0.1, -0.05) is 30.3 Å². The fourth-order valence-corrected chi connectivity index (χ4v) is 2.35. The van der Waals surface area contributed by atoms with Crippen LogP contribution in [-0.4, -0.2) is 19.6 Å². The SMILES string of the molecule is COc1ccc(N2CC(c3ccccc3)C2=O)cc1. The van der Waals surface area contributed by atoms with Crippen LogP contribution in [0.25, 0.3) is 0 Å². The number of ether oxygens (including phenoxy) is 1. The normalized spacial score (nSPS) is 18.1. The molecule has 1 amide bonds. The van der Waals surface area contributed by atoms with Crippen molar-refractivity contribution in [2.24, 2.45) is 0 Å². The lowest BCUT2D eigenvalue weighted by molar-refractivity contribution is -0.124. The Morgan fingerprint density at radius 3 is 2.32 bits per heavy atom. The number of hydrogen-bond acceptors (Lipinski definition) is 2. The molecule has 19 heavy (non-hydrogen) atoms. The van der Waals surface area contributed by atoms with Gasteiger partial charge in [-0.2, -0.15) is 0 Å². The molecule has 0 aromatic heterocycles. The fourth-order valence-electron chi connectivity index (χ4n) is 2.35. The van der Waals surface area contributed by atoms with Crippen molar-refractivity contribution in [3.05, 3.63) is 60.2 Å². The van der Waals surface area contributed by atoms with E-state index in [4.69, 9.17) is 4.74 Å². The van der Waals surface area contributed by atoms with Crippen LogP contribution >= 0.6 is 0 Å². The number of nitrogens with zero attached hydrogens (tertiary/aromatic N) is 1. The van der Waals surface area contributed by atoms with E-state index in [-0.39, 0.29) is 11.8 Å². The summed E-state index contributed by atoms with van der Waals surface area (Å²) in [6.07, 6.45) is 0. The Labute approximate surface area is 112 Å². The number of benzene rings is 2. The highest BCUT2D eigenvalue weighted by Crippen LogP contribution is 2.33. The molecule has 1 aliphatic rings. The zero-order valence-electron chi connectivity index (χ0n) is 10.7. The Morgan fingerprint density at radius 2 is 1.74 bits per heavy atom. The molecule has 96 valence electrons. The Morgan fingerprint density at radius 1 is 1.05 bits per heavy atom. The van der Waals surface area contributed by atoms with Crippen molar-refractivity contribution >= 4 is 11.6 Å². The third-order valence-electron chi connectivity index (χ3n) is 3.52. The molecule has 0 saturated carbocycles. The first-order valence-corrected chi connectivity index (χ1v) is 6.30. The van der Waals surface area contributed by atoms with E-state index in [9.17, 15) is 4.79 Å². The van der Waals surface area contributed by atoms with Crippen molar-refractivity contribution in [3.63, 3.8) is 0 Å². The monoisotopic (exact) mass is 253 g/mol. The largest absolute Gasteiger partial charge is 0.497 e. The maximum atomic E-state index is 12.2. The Balaban J connectivity index is 1.74. The van der Waals surface area contributed by atoms with Crippen molar-refractivity contribution in [2.75, 3.05) is 18.6 Å². The molecule has 3 nitrogen and oxygen atoms in total. The van der Waals surface area contributed by atoms with Crippen LogP contribution < -0.4 is 9.64 Å². The highest BCUT2D eigenvalue weighted by Gasteiger charge is 2.38. The van der Waals surface area contributed by atoms with Crippen LogP contribution in [0.2, 0.25) is 0 Å². The van der Waals surface area contributed by atoms with Gasteiger partial charge < -0.3 is 9.64 Å². The molecule has 3 heteroatoms. The third kappa shape index (κ3) is 2.08. The molecule has 1 aliphatic heterocycles. The van der Waals surface area contributed by atoms with Gasteiger partial charge in [0.05, 0.1) is 13.0 Å². The molecule has 1 fully saturated rings. The van der Waals surface area contributed by atoms with Crippen LogP contribution in [0.5, 0.6) is 5.75 Å². The van der Waals surface area contributed by atoms with E-state index in [1.165, 1.54) is 0 Å². The number of anilines is 1. The first-order chi connectivity index (χ1) is 9.29. The second kappa shape index (κ2) is 4.76. The summed E-state index contributed by atoms with van der Waals surface area (Å²) in [6.45, 7) is 0.745. The lowest BCUT2D eigenvalue weighted by Gasteiger charge is -2.38. The molecule has 1 saturated heterocycles. The Hall–Kier alpha value is -2.29. The van der Waals surface area contributed by atoms with E-state index in [0.717, 1.165) is 23.5 Å². The molecule has 1 unspecified atom stereocenters. The van der Waals surface area contributed by atoms with Crippen molar-refractivity contribution in [1.29, 1.82) is 0 Å². The van der Waals surface area contributed by atoms with Gasteiger partial charge in [0, 0.05) is 12.2 Å². The van der Waals surface area contributed by atoms with E-state index < -0.39 is 0 Å². The van der Waals surface area contributed by atoms with E-state index in [0.29, 0.717) is 0 Å². The van der Waals surface area contributed by atoms with E-state index >= 15 is 0 Å². The molecule has 0 aliphatic carbocycles. The number of methoxy groups -OCH3 is 1. The van der Waals surface area contributed by atoms with E-state index in [1.54, 1.807) is 12.0 Å². The number of amides is 1. The number of rotatable bonds is 3. The highest BCUT2D eigenvalue weighted by molar-refractivity contribution is 6.04. The van der Waals surface area contributed by atoms with Gasteiger partial charge in [0.1, 0.15) is 5.75 Å². The second-order valence-corrected chi connectivity index (χ2v) is 4.61. The molecule has 1 heterocycles. The van der Waals surface area contributed by atoms with Gasteiger partial charge in [0.25, 0.3) is 0 Å². The minimum atomic E-state index is 0.00306. The van der Waals surface area contributed by atoms with E-state index in [1.807, 2.05) is 54.6 Å². The van der Waals surface area contributed by atoms with Gasteiger partial charge in [-0.25, -0.2) is 0 Å². The summed E-state index contributed by atoms with van der Waals surface area (Å²) in [5.74, 6) is 0.969. The van der Waals surface area contributed by atoms with Crippen LogP contribution in [0.15, 0.2) is 54.6 Å². The van der Waals surface area contributed by atoms with Gasteiger partial charge in [0.2, 0.25) is 5.91 Å². The third-order valence-corrected chi connectivity index (χ3v) is 3.52. The average Bonchev–Trinajstić information content (AvgIpc) is 2.47. The lowest BCUT2D eigenvalue weighted by Crippen LogP contribution is -2.50. The minimum absolute atomic E-state index is 0.00306. The zero-order chi connectivity index (χ0) is 13.2. The summed E-state index contributed by atoms with van der Waals surface area (Å²) in [5.41, 5.74) is 2.02.